The Morgan fingerprint density at radius 2 is 1.96 bits per heavy atom. The maximum Gasteiger partial charge on any atom is 0.258 e. The van der Waals surface area contributed by atoms with Crippen LogP contribution in [0.1, 0.15) is 15.2 Å². The molecule has 2 aromatic heterocycles. The van der Waals surface area contributed by atoms with Gasteiger partial charge in [-0.1, -0.05) is 0 Å². The van der Waals surface area contributed by atoms with Crippen LogP contribution in [0.4, 0.5) is 5.69 Å². The summed E-state index contributed by atoms with van der Waals surface area (Å²) in [6, 6.07) is 12.8. The number of nitrogens with one attached hydrogen (secondary N) is 1. The summed E-state index contributed by atoms with van der Waals surface area (Å²) >= 11 is 1.61. The first-order chi connectivity index (χ1) is 12.1. The number of nitrogens with zero attached hydrogens (tertiary/aromatic N) is 1. The van der Waals surface area contributed by atoms with Crippen LogP contribution in [0.25, 0.3) is 10.6 Å². The van der Waals surface area contributed by atoms with Crippen molar-refractivity contribution in [3.8, 4) is 22.1 Å². The van der Waals surface area contributed by atoms with E-state index in [0.29, 0.717) is 28.4 Å². The summed E-state index contributed by atoms with van der Waals surface area (Å²) in [4.78, 5) is 19.3. The van der Waals surface area contributed by atoms with Crippen LogP contribution in [0.5, 0.6) is 11.5 Å². The molecule has 3 aromatic rings. The van der Waals surface area contributed by atoms with Crippen molar-refractivity contribution >= 4 is 22.9 Å². The first-order valence-corrected chi connectivity index (χ1v) is 8.49. The van der Waals surface area contributed by atoms with Gasteiger partial charge in [0.15, 0.2) is 0 Å². The van der Waals surface area contributed by atoms with Crippen molar-refractivity contribution in [1.29, 1.82) is 0 Å². The molecule has 1 N–H and O–H groups in total. The summed E-state index contributed by atoms with van der Waals surface area (Å²) < 4.78 is 10.5. The number of anilines is 1. The molecule has 0 saturated heterocycles. The molecule has 0 aliphatic rings. The van der Waals surface area contributed by atoms with Crippen molar-refractivity contribution in [2.75, 3.05) is 19.5 Å². The number of hydrogen-bond donors (Lipinski definition) is 1. The zero-order chi connectivity index (χ0) is 17.8. The monoisotopic (exact) mass is 354 g/mol. The minimum absolute atomic E-state index is 0.238. The molecule has 0 saturated carbocycles. The van der Waals surface area contributed by atoms with Crippen molar-refractivity contribution in [1.82, 2.24) is 4.98 Å². The Bertz CT molecular complexity index is 905. The van der Waals surface area contributed by atoms with Gasteiger partial charge in [-0.05, 0) is 43.3 Å². The van der Waals surface area contributed by atoms with Crippen molar-refractivity contribution < 1.29 is 14.3 Å². The quantitative estimate of drug-likeness (QED) is 0.738. The molecule has 0 atom stereocenters. The number of thiophene rings is 1. The smallest absolute Gasteiger partial charge is 0.258 e. The fourth-order valence-electron chi connectivity index (χ4n) is 2.44. The number of rotatable bonds is 5. The highest BCUT2D eigenvalue weighted by Gasteiger charge is 2.17. The third kappa shape index (κ3) is 3.64. The molecule has 6 heteroatoms. The molecule has 0 bridgehead atoms. The van der Waals surface area contributed by atoms with E-state index in [0.717, 1.165) is 4.88 Å². The van der Waals surface area contributed by atoms with E-state index in [1.54, 1.807) is 62.1 Å². The molecular formula is C19H18N2O3S. The fourth-order valence-corrected chi connectivity index (χ4v) is 3.32. The zero-order valence-electron chi connectivity index (χ0n) is 14.2. The van der Waals surface area contributed by atoms with Crippen LogP contribution in [0.3, 0.4) is 0 Å². The maximum atomic E-state index is 12.8. The average molecular weight is 354 g/mol. The van der Waals surface area contributed by atoms with E-state index in [4.69, 9.17) is 9.47 Å². The summed E-state index contributed by atoms with van der Waals surface area (Å²) in [5, 5.41) is 2.89. The minimum Gasteiger partial charge on any atom is -0.497 e. The van der Waals surface area contributed by atoms with Crippen LogP contribution in [0.2, 0.25) is 0 Å². The van der Waals surface area contributed by atoms with E-state index < -0.39 is 0 Å². The highest BCUT2D eigenvalue weighted by molar-refractivity contribution is 7.15. The van der Waals surface area contributed by atoms with Gasteiger partial charge in [-0.25, -0.2) is 0 Å². The van der Waals surface area contributed by atoms with Crippen LogP contribution in [-0.4, -0.2) is 25.1 Å². The SMILES string of the molecule is COc1ccc(NC(=O)c2cccnc2-c2ccc(C)s2)c(OC)c1. The molecule has 0 aliphatic heterocycles. The molecule has 0 aliphatic carbocycles. The number of aromatic nitrogens is 1. The number of carbonyl (C=O) groups is 1. The van der Waals surface area contributed by atoms with Crippen LogP contribution in [-0.2, 0) is 0 Å². The predicted octanol–water partition coefficient (Wildman–Crippen LogP) is 4.39. The molecule has 5 nitrogen and oxygen atoms in total. The van der Waals surface area contributed by atoms with Gasteiger partial charge in [0.1, 0.15) is 11.5 Å². The van der Waals surface area contributed by atoms with Gasteiger partial charge in [-0.15, -0.1) is 11.3 Å². The lowest BCUT2D eigenvalue weighted by Crippen LogP contribution is -2.14. The van der Waals surface area contributed by atoms with Gasteiger partial charge < -0.3 is 14.8 Å². The topological polar surface area (TPSA) is 60.5 Å². The van der Waals surface area contributed by atoms with Crippen LogP contribution in [0, 0.1) is 6.92 Å². The van der Waals surface area contributed by atoms with E-state index >= 15 is 0 Å². The third-order valence-electron chi connectivity index (χ3n) is 3.68. The predicted molar refractivity (Wildman–Crippen MR) is 99.8 cm³/mol. The Morgan fingerprint density at radius 3 is 2.64 bits per heavy atom. The van der Waals surface area contributed by atoms with Crippen molar-refractivity contribution in [2.24, 2.45) is 0 Å². The lowest BCUT2D eigenvalue weighted by Gasteiger charge is -2.12. The summed E-state index contributed by atoms with van der Waals surface area (Å²) in [5.74, 6) is 0.953. The molecule has 0 unspecified atom stereocenters. The van der Waals surface area contributed by atoms with Gasteiger partial charge in [0, 0.05) is 17.1 Å². The van der Waals surface area contributed by atoms with Crippen molar-refractivity contribution in [2.45, 2.75) is 6.92 Å². The summed E-state index contributed by atoms with van der Waals surface area (Å²) in [5.41, 5.74) is 1.76. The molecule has 3 rings (SSSR count). The molecule has 0 fully saturated rings. The summed E-state index contributed by atoms with van der Waals surface area (Å²) in [7, 11) is 3.13. The number of ether oxygens (including phenoxy) is 2. The van der Waals surface area contributed by atoms with E-state index in [2.05, 4.69) is 10.3 Å². The Balaban J connectivity index is 1.93. The molecule has 25 heavy (non-hydrogen) atoms. The second-order valence-electron chi connectivity index (χ2n) is 5.33. The second-order valence-corrected chi connectivity index (χ2v) is 6.62. The van der Waals surface area contributed by atoms with Gasteiger partial charge in [-0.2, -0.15) is 0 Å². The molecule has 0 radical (unpaired) electrons. The average Bonchev–Trinajstić information content (AvgIpc) is 3.08. The zero-order valence-corrected chi connectivity index (χ0v) is 15.0. The highest BCUT2D eigenvalue weighted by atomic mass is 32.1. The van der Waals surface area contributed by atoms with Gasteiger partial charge >= 0.3 is 0 Å². The number of pyridine rings is 1. The van der Waals surface area contributed by atoms with E-state index in [9.17, 15) is 4.79 Å². The molecule has 2 heterocycles. The number of carbonyl (C=O) groups excluding carboxylic acids is 1. The second kappa shape index (κ2) is 7.36. The number of hydrogen-bond acceptors (Lipinski definition) is 5. The van der Waals surface area contributed by atoms with Crippen LogP contribution < -0.4 is 14.8 Å². The first kappa shape index (κ1) is 17.0. The number of methoxy groups -OCH3 is 2. The van der Waals surface area contributed by atoms with Gasteiger partial charge in [0.2, 0.25) is 0 Å². The lowest BCUT2D eigenvalue weighted by molar-refractivity contribution is 0.102. The Labute approximate surface area is 150 Å². The third-order valence-corrected chi connectivity index (χ3v) is 4.69. The molecule has 128 valence electrons. The summed E-state index contributed by atoms with van der Waals surface area (Å²) in [6.45, 7) is 2.03. The van der Waals surface area contributed by atoms with E-state index in [-0.39, 0.29) is 5.91 Å². The van der Waals surface area contributed by atoms with Crippen molar-refractivity contribution in [3.05, 3.63) is 59.1 Å². The van der Waals surface area contributed by atoms with E-state index in [1.165, 1.54) is 4.88 Å². The highest BCUT2D eigenvalue weighted by Crippen LogP contribution is 2.32. The normalized spacial score (nSPS) is 10.4. The molecular weight excluding hydrogens is 336 g/mol. The number of amides is 1. The lowest BCUT2D eigenvalue weighted by atomic mass is 10.1. The number of aryl methyl sites for hydroxylation is 1. The van der Waals surface area contributed by atoms with Crippen molar-refractivity contribution in [3.63, 3.8) is 0 Å². The fraction of sp³-hybridized carbons (Fsp3) is 0.158. The Morgan fingerprint density at radius 1 is 1.12 bits per heavy atom. The summed E-state index contributed by atoms with van der Waals surface area (Å²) in [6.07, 6.45) is 1.69. The largest absolute Gasteiger partial charge is 0.497 e. The molecule has 0 spiro atoms. The van der Waals surface area contributed by atoms with Gasteiger partial charge in [0.05, 0.1) is 36.0 Å². The van der Waals surface area contributed by atoms with Crippen LogP contribution >= 0.6 is 11.3 Å². The molecule has 1 amide bonds. The maximum absolute atomic E-state index is 12.8. The Kier molecular flexibility index (Phi) is 5.00. The van der Waals surface area contributed by atoms with E-state index in [1.807, 2.05) is 19.1 Å². The minimum atomic E-state index is -0.238. The standard InChI is InChI=1S/C19H18N2O3S/c1-12-6-9-17(25-12)18-14(5-4-10-20-18)19(22)21-15-8-7-13(23-2)11-16(15)24-3/h4-11H,1-3H3,(H,21,22). The van der Waals surface area contributed by atoms with Crippen LogP contribution in [0.15, 0.2) is 48.7 Å². The number of benzene rings is 1. The molecule has 1 aromatic carbocycles. The van der Waals surface area contributed by atoms with Gasteiger partial charge in [-0.3, -0.25) is 9.78 Å². The Hall–Kier alpha value is -2.86. The first-order valence-electron chi connectivity index (χ1n) is 7.67. The van der Waals surface area contributed by atoms with Gasteiger partial charge in [0.25, 0.3) is 5.91 Å².